The molecule has 2 atom stereocenters. The first-order valence-electron chi connectivity index (χ1n) is 9.47. The molecule has 1 aliphatic carbocycles. The number of hydrogen-bond donors (Lipinski definition) is 0. The molecule has 9 heteroatoms. The van der Waals surface area contributed by atoms with Crippen molar-refractivity contribution in [3.05, 3.63) is 59.2 Å². The van der Waals surface area contributed by atoms with Gasteiger partial charge in [0.25, 0.3) is 5.56 Å². The molecule has 2 fully saturated rings. The second kappa shape index (κ2) is 6.61. The highest BCUT2D eigenvalue weighted by atomic mass is 19.1. The molecule has 0 N–H and O–H groups in total. The molecular weight excluding hydrogens is 373 g/mol. The van der Waals surface area contributed by atoms with Crippen LogP contribution in [0.25, 0.3) is 11.3 Å². The maximum absolute atomic E-state index is 14.2. The molecule has 148 valence electrons. The molecule has 4 heterocycles. The lowest BCUT2D eigenvalue weighted by Crippen LogP contribution is -2.36. The molecule has 2 unspecified atom stereocenters. The third-order valence-electron chi connectivity index (χ3n) is 5.91. The van der Waals surface area contributed by atoms with Gasteiger partial charge in [-0.25, -0.2) is 19.3 Å². The van der Waals surface area contributed by atoms with Crippen LogP contribution in [0.2, 0.25) is 0 Å². The van der Waals surface area contributed by atoms with E-state index in [4.69, 9.17) is 0 Å². The second-order valence-corrected chi connectivity index (χ2v) is 7.58. The Bertz CT molecular complexity index is 1110. The number of nitrogens with zero attached hydrogens (tertiary/aromatic N) is 7. The highest BCUT2D eigenvalue weighted by molar-refractivity contribution is 5.60. The van der Waals surface area contributed by atoms with Gasteiger partial charge in [0, 0.05) is 75.3 Å². The van der Waals surface area contributed by atoms with E-state index in [0.717, 1.165) is 25.2 Å². The molecule has 0 spiro atoms. The van der Waals surface area contributed by atoms with Gasteiger partial charge in [-0.3, -0.25) is 14.3 Å². The van der Waals surface area contributed by atoms with Gasteiger partial charge >= 0.3 is 0 Å². The minimum absolute atomic E-state index is 0.224. The molecule has 0 radical (unpaired) electrons. The number of aromatic nitrogens is 5. The van der Waals surface area contributed by atoms with Crippen LogP contribution in [0, 0.1) is 17.7 Å². The van der Waals surface area contributed by atoms with Crippen molar-refractivity contribution in [2.75, 3.05) is 29.9 Å². The van der Waals surface area contributed by atoms with E-state index < -0.39 is 5.82 Å². The zero-order valence-electron chi connectivity index (χ0n) is 16.1. The standard InChI is InChI=1S/C20H20FN7O/c1-26-17(29)8-16(12-4-7-22-9-15(12)21)25-20(26)27(2)18-13-10-28(11-14(13)18)19-23-5-3-6-24-19/h3-9,13-14,18H,10-11H2,1-2H3. The van der Waals surface area contributed by atoms with Crippen molar-refractivity contribution < 1.29 is 4.39 Å². The molecule has 1 saturated heterocycles. The van der Waals surface area contributed by atoms with Crippen LogP contribution in [0.15, 0.2) is 47.8 Å². The number of halogens is 1. The molecule has 8 nitrogen and oxygen atoms in total. The van der Waals surface area contributed by atoms with E-state index in [1.165, 1.54) is 22.9 Å². The number of pyridine rings is 1. The first-order chi connectivity index (χ1) is 14.0. The Morgan fingerprint density at radius 3 is 2.59 bits per heavy atom. The second-order valence-electron chi connectivity index (χ2n) is 7.58. The van der Waals surface area contributed by atoms with Crippen LogP contribution in [0.4, 0.5) is 16.3 Å². The van der Waals surface area contributed by atoms with Crippen molar-refractivity contribution in [2.45, 2.75) is 6.04 Å². The monoisotopic (exact) mass is 393 g/mol. The first kappa shape index (κ1) is 17.7. The quantitative estimate of drug-likeness (QED) is 0.662. The molecule has 0 amide bonds. The first-order valence-corrected chi connectivity index (χ1v) is 9.47. The van der Waals surface area contributed by atoms with E-state index in [1.807, 2.05) is 18.0 Å². The summed E-state index contributed by atoms with van der Waals surface area (Å²) < 4.78 is 15.7. The lowest BCUT2D eigenvalue weighted by atomic mass is 10.2. The Kier molecular flexibility index (Phi) is 4.04. The van der Waals surface area contributed by atoms with Gasteiger partial charge in [0.15, 0.2) is 5.82 Å². The maximum atomic E-state index is 14.2. The molecule has 3 aromatic rings. The summed E-state index contributed by atoms with van der Waals surface area (Å²) in [5.74, 6) is 1.71. The van der Waals surface area contributed by atoms with Crippen molar-refractivity contribution in [3.63, 3.8) is 0 Å². The zero-order chi connectivity index (χ0) is 20.1. The molecule has 1 saturated carbocycles. The van der Waals surface area contributed by atoms with Crippen molar-refractivity contribution in [2.24, 2.45) is 18.9 Å². The zero-order valence-corrected chi connectivity index (χ0v) is 16.1. The summed E-state index contributed by atoms with van der Waals surface area (Å²) in [4.78, 5) is 33.8. The van der Waals surface area contributed by atoms with Crippen molar-refractivity contribution in [1.82, 2.24) is 24.5 Å². The molecule has 0 bridgehead atoms. The van der Waals surface area contributed by atoms with Crippen LogP contribution in [0.5, 0.6) is 0 Å². The maximum Gasteiger partial charge on any atom is 0.255 e. The van der Waals surface area contributed by atoms with Crippen molar-refractivity contribution in [1.29, 1.82) is 0 Å². The largest absolute Gasteiger partial charge is 0.342 e. The predicted molar refractivity (Wildman–Crippen MR) is 106 cm³/mol. The Morgan fingerprint density at radius 1 is 1.17 bits per heavy atom. The van der Waals surface area contributed by atoms with Gasteiger partial charge in [-0.2, -0.15) is 0 Å². The summed E-state index contributed by atoms with van der Waals surface area (Å²) in [6.07, 6.45) is 6.12. The molecule has 29 heavy (non-hydrogen) atoms. The van der Waals surface area contributed by atoms with Crippen LogP contribution in [-0.4, -0.2) is 50.7 Å². The minimum Gasteiger partial charge on any atom is -0.342 e. The topological polar surface area (TPSA) is 80.0 Å². The number of piperidine rings is 1. The summed E-state index contributed by atoms with van der Waals surface area (Å²) in [6, 6.07) is 4.98. The van der Waals surface area contributed by atoms with Crippen LogP contribution >= 0.6 is 0 Å². The Balaban J connectivity index is 1.40. The number of rotatable bonds is 4. The van der Waals surface area contributed by atoms with E-state index in [2.05, 4.69) is 24.8 Å². The highest BCUT2D eigenvalue weighted by Crippen LogP contribution is 2.49. The fourth-order valence-corrected chi connectivity index (χ4v) is 4.38. The van der Waals surface area contributed by atoms with E-state index >= 15 is 0 Å². The molecular formula is C20H20FN7O. The fraction of sp³-hybridized carbons (Fsp3) is 0.350. The Hall–Kier alpha value is -3.36. The molecule has 5 rings (SSSR count). The van der Waals surface area contributed by atoms with Crippen molar-refractivity contribution >= 4 is 11.9 Å². The van der Waals surface area contributed by atoms with Gasteiger partial charge in [0.2, 0.25) is 11.9 Å². The smallest absolute Gasteiger partial charge is 0.255 e. The van der Waals surface area contributed by atoms with Gasteiger partial charge in [0.05, 0.1) is 11.9 Å². The van der Waals surface area contributed by atoms with Gasteiger partial charge < -0.3 is 9.80 Å². The third kappa shape index (κ3) is 2.93. The van der Waals surface area contributed by atoms with Crippen LogP contribution in [0.3, 0.4) is 0 Å². The molecule has 1 aliphatic heterocycles. The molecule has 2 aliphatic rings. The summed E-state index contributed by atoms with van der Waals surface area (Å²) in [7, 11) is 3.64. The summed E-state index contributed by atoms with van der Waals surface area (Å²) in [5, 5.41) is 0. The van der Waals surface area contributed by atoms with E-state index in [9.17, 15) is 9.18 Å². The van der Waals surface area contributed by atoms with Crippen LogP contribution in [0.1, 0.15) is 0 Å². The fourth-order valence-electron chi connectivity index (χ4n) is 4.38. The summed E-state index contributed by atoms with van der Waals surface area (Å²) in [5.41, 5.74) is 0.369. The van der Waals surface area contributed by atoms with Crippen LogP contribution in [-0.2, 0) is 7.05 Å². The van der Waals surface area contributed by atoms with E-state index in [-0.39, 0.29) is 17.2 Å². The molecule has 3 aromatic heterocycles. The average molecular weight is 393 g/mol. The van der Waals surface area contributed by atoms with E-state index in [1.54, 1.807) is 19.4 Å². The van der Waals surface area contributed by atoms with Crippen LogP contribution < -0.4 is 15.4 Å². The number of fused-ring (bicyclic) bond motifs is 1. The number of anilines is 2. The van der Waals surface area contributed by atoms with Gasteiger partial charge in [0.1, 0.15) is 0 Å². The van der Waals surface area contributed by atoms with Crippen molar-refractivity contribution in [3.8, 4) is 11.3 Å². The van der Waals surface area contributed by atoms with Gasteiger partial charge in [-0.05, 0) is 12.1 Å². The summed E-state index contributed by atoms with van der Waals surface area (Å²) >= 11 is 0. The normalized spacial score (nSPS) is 22.4. The van der Waals surface area contributed by atoms with Gasteiger partial charge in [-0.1, -0.05) is 0 Å². The van der Waals surface area contributed by atoms with Gasteiger partial charge in [-0.15, -0.1) is 0 Å². The molecule has 0 aromatic carbocycles. The SMILES string of the molecule is CN(c1nc(-c2ccncc2F)cc(=O)n1C)C1C2CN(c3ncccn3)CC21. The minimum atomic E-state index is -0.497. The number of hydrogen-bond acceptors (Lipinski definition) is 7. The van der Waals surface area contributed by atoms with E-state index in [0.29, 0.717) is 23.5 Å². The summed E-state index contributed by atoms with van der Waals surface area (Å²) in [6.45, 7) is 1.74. The average Bonchev–Trinajstić information content (AvgIpc) is 3.23. The lowest BCUT2D eigenvalue weighted by molar-refractivity contribution is 0.623. The Labute approximate surface area is 166 Å². The lowest BCUT2D eigenvalue weighted by Gasteiger charge is -2.26. The predicted octanol–water partition coefficient (Wildman–Crippen LogP) is 1.34. The highest BCUT2D eigenvalue weighted by Gasteiger charge is 2.58. The third-order valence-corrected chi connectivity index (χ3v) is 5.91. The Morgan fingerprint density at radius 2 is 1.90 bits per heavy atom.